The Kier molecular flexibility index (Phi) is 2.40. The quantitative estimate of drug-likeness (QED) is 0.639. The summed E-state index contributed by atoms with van der Waals surface area (Å²) in [6, 6.07) is 6.90. The fraction of sp³-hybridized carbons (Fsp3) is 0.100. The summed E-state index contributed by atoms with van der Waals surface area (Å²) in [6.07, 6.45) is 0. The third-order valence-corrected chi connectivity index (χ3v) is 2.85. The number of ether oxygens (including phenoxy) is 1. The molecular formula is C10H8BrNO3. The number of esters is 1. The summed E-state index contributed by atoms with van der Waals surface area (Å²) in [6.45, 7) is 0. The molecule has 0 radical (unpaired) electrons. The molecular weight excluding hydrogens is 262 g/mol. The minimum atomic E-state index is -0.569. The Balaban J connectivity index is 2.75. The Labute approximate surface area is 94.2 Å². The van der Waals surface area contributed by atoms with Gasteiger partial charge in [0, 0.05) is 9.86 Å². The number of fused-ring (bicyclic) bond motifs is 1. The van der Waals surface area contributed by atoms with E-state index in [0.29, 0.717) is 5.52 Å². The number of halogens is 1. The van der Waals surface area contributed by atoms with Crippen molar-refractivity contribution in [2.24, 2.45) is 0 Å². The van der Waals surface area contributed by atoms with Crippen molar-refractivity contribution in [3.63, 3.8) is 0 Å². The number of methoxy groups -OCH3 is 1. The molecule has 1 aromatic carbocycles. The van der Waals surface area contributed by atoms with Crippen molar-refractivity contribution >= 4 is 32.8 Å². The molecule has 0 saturated carbocycles. The third-order valence-electron chi connectivity index (χ3n) is 2.16. The maximum absolute atomic E-state index is 11.3. The molecule has 1 N–H and O–H groups in total. The summed E-state index contributed by atoms with van der Waals surface area (Å²) in [5.41, 5.74) is 0.671. The SMILES string of the molecule is COC(=O)c1cc2c(Br)cccc2n1O. The number of carbonyl (C=O) groups is 1. The molecule has 0 spiro atoms. The van der Waals surface area contributed by atoms with Crippen LogP contribution in [0.2, 0.25) is 0 Å². The molecule has 0 atom stereocenters. The van der Waals surface area contributed by atoms with Crippen molar-refractivity contribution in [2.45, 2.75) is 0 Å². The van der Waals surface area contributed by atoms with Gasteiger partial charge in [-0.25, -0.2) is 4.79 Å². The highest BCUT2D eigenvalue weighted by Crippen LogP contribution is 2.26. The molecule has 15 heavy (non-hydrogen) atoms. The Morgan fingerprint density at radius 3 is 2.87 bits per heavy atom. The van der Waals surface area contributed by atoms with Crippen LogP contribution >= 0.6 is 15.9 Å². The molecule has 4 nitrogen and oxygen atoms in total. The Bertz CT molecular complexity index is 533. The van der Waals surface area contributed by atoms with Gasteiger partial charge >= 0.3 is 5.97 Å². The van der Waals surface area contributed by atoms with Crippen molar-refractivity contribution in [2.75, 3.05) is 7.11 Å². The van der Waals surface area contributed by atoms with Crippen LogP contribution in [0.3, 0.4) is 0 Å². The van der Waals surface area contributed by atoms with Crippen molar-refractivity contribution in [1.82, 2.24) is 4.73 Å². The highest BCUT2D eigenvalue weighted by molar-refractivity contribution is 9.10. The van der Waals surface area contributed by atoms with Crippen LogP contribution < -0.4 is 0 Å². The molecule has 0 aliphatic rings. The number of nitrogens with zero attached hydrogens (tertiary/aromatic N) is 1. The first kappa shape index (κ1) is 10.0. The van der Waals surface area contributed by atoms with Gasteiger partial charge in [-0.2, -0.15) is 4.73 Å². The molecule has 0 amide bonds. The normalized spacial score (nSPS) is 10.5. The summed E-state index contributed by atoms with van der Waals surface area (Å²) < 4.78 is 6.19. The van der Waals surface area contributed by atoms with Gasteiger partial charge in [-0.15, -0.1) is 0 Å². The highest BCUT2D eigenvalue weighted by Gasteiger charge is 2.16. The van der Waals surface area contributed by atoms with Crippen LogP contribution in [-0.4, -0.2) is 23.0 Å². The lowest BCUT2D eigenvalue weighted by molar-refractivity contribution is 0.0554. The van der Waals surface area contributed by atoms with E-state index < -0.39 is 5.97 Å². The summed E-state index contributed by atoms with van der Waals surface area (Å²) in [7, 11) is 1.27. The first-order valence-corrected chi connectivity index (χ1v) is 5.02. The van der Waals surface area contributed by atoms with E-state index in [1.165, 1.54) is 7.11 Å². The van der Waals surface area contributed by atoms with E-state index in [9.17, 15) is 10.0 Å². The van der Waals surface area contributed by atoms with Gasteiger partial charge in [0.15, 0.2) is 5.69 Å². The molecule has 0 aliphatic heterocycles. The minimum Gasteiger partial charge on any atom is -0.464 e. The van der Waals surface area contributed by atoms with Crippen LogP contribution in [-0.2, 0) is 4.74 Å². The largest absolute Gasteiger partial charge is 0.464 e. The Morgan fingerprint density at radius 1 is 1.53 bits per heavy atom. The zero-order valence-electron chi connectivity index (χ0n) is 7.90. The average molecular weight is 270 g/mol. The van der Waals surface area contributed by atoms with E-state index in [1.54, 1.807) is 18.2 Å². The molecule has 0 bridgehead atoms. The monoisotopic (exact) mass is 269 g/mol. The van der Waals surface area contributed by atoms with Crippen LogP contribution in [0.25, 0.3) is 10.9 Å². The lowest BCUT2D eigenvalue weighted by atomic mass is 10.2. The number of aromatic nitrogens is 1. The number of carbonyl (C=O) groups excluding carboxylic acids is 1. The number of hydrogen-bond acceptors (Lipinski definition) is 3. The smallest absolute Gasteiger partial charge is 0.358 e. The third kappa shape index (κ3) is 1.48. The summed E-state index contributed by atoms with van der Waals surface area (Å²) in [5.74, 6) is -0.569. The highest BCUT2D eigenvalue weighted by atomic mass is 79.9. The molecule has 5 heteroatoms. The number of rotatable bonds is 1. The molecule has 2 aromatic rings. The van der Waals surface area contributed by atoms with E-state index in [0.717, 1.165) is 14.6 Å². The Morgan fingerprint density at radius 2 is 2.27 bits per heavy atom. The van der Waals surface area contributed by atoms with E-state index in [2.05, 4.69) is 20.7 Å². The second-order valence-corrected chi connectivity index (χ2v) is 3.86. The predicted molar refractivity (Wildman–Crippen MR) is 58.2 cm³/mol. The number of benzene rings is 1. The van der Waals surface area contributed by atoms with Gasteiger partial charge < -0.3 is 9.94 Å². The second kappa shape index (κ2) is 3.58. The van der Waals surface area contributed by atoms with Crippen molar-refractivity contribution < 1.29 is 14.7 Å². The average Bonchev–Trinajstić information content (AvgIpc) is 2.57. The lowest BCUT2D eigenvalue weighted by Crippen LogP contribution is -2.07. The Hall–Kier alpha value is -1.49. The molecule has 1 heterocycles. The van der Waals surface area contributed by atoms with Crippen LogP contribution in [0.1, 0.15) is 10.5 Å². The number of hydrogen-bond donors (Lipinski definition) is 1. The lowest BCUT2D eigenvalue weighted by Gasteiger charge is -1.99. The van der Waals surface area contributed by atoms with Crippen LogP contribution in [0.4, 0.5) is 0 Å². The van der Waals surface area contributed by atoms with Gasteiger partial charge in [0.05, 0.1) is 12.6 Å². The predicted octanol–water partition coefficient (Wildman–Crippen LogP) is 2.43. The van der Waals surface area contributed by atoms with Crippen molar-refractivity contribution in [3.05, 3.63) is 34.4 Å². The first-order valence-electron chi connectivity index (χ1n) is 4.22. The molecule has 0 saturated heterocycles. The van der Waals surface area contributed by atoms with Gasteiger partial charge in [-0.3, -0.25) is 0 Å². The summed E-state index contributed by atoms with van der Waals surface area (Å²) >= 11 is 3.34. The zero-order chi connectivity index (χ0) is 11.0. The first-order chi connectivity index (χ1) is 7.15. The zero-order valence-corrected chi connectivity index (χ0v) is 9.48. The fourth-order valence-corrected chi connectivity index (χ4v) is 1.90. The van der Waals surface area contributed by atoms with Gasteiger partial charge in [0.2, 0.25) is 0 Å². The van der Waals surface area contributed by atoms with E-state index in [4.69, 9.17) is 0 Å². The van der Waals surface area contributed by atoms with Crippen LogP contribution in [0.15, 0.2) is 28.7 Å². The molecule has 0 aliphatic carbocycles. The van der Waals surface area contributed by atoms with E-state index >= 15 is 0 Å². The van der Waals surface area contributed by atoms with E-state index in [-0.39, 0.29) is 5.69 Å². The standard InChI is InChI=1S/C10H8BrNO3/c1-15-10(13)9-5-6-7(11)3-2-4-8(6)12(9)14/h2-5,14H,1H3. The van der Waals surface area contributed by atoms with Gasteiger partial charge in [-0.05, 0) is 18.2 Å². The van der Waals surface area contributed by atoms with Gasteiger partial charge in [-0.1, -0.05) is 22.0 Å². The topological polar surface area (TPSA) is 51.5 Å². The van der Waals surface area contributed by atoms with Gasteiger partial charge in [0.1, 0.15) is 0 Å². The van der Waals surface area contributed by atoms with Crippen LogP contribution in [0, 0.1) is 0 Å². The van der Waals surface area contributed by atoms with Gasteiger partial charge in [0.25, 0.3) is 0 Å². The van der Waals surface area contributed by atoms with Crippen molar-refractivity contribution in [1.29, 1.82) is 0 Å². The molecule has 78 valence electrons. The fourth-order valence-electron chi connectivity index (χ4n) is 1.43. The maximum atomic E-state index is 11.3. The molecule has 0 unspecified atom stereocenters. The molecule has 0 fully saturated rings. The molecule has 2 rings (SSSR count). The van der Waals surface area contributed by atoms with E-state index in [1.807, 2.05) is 6.07 Å². The van der Waals surface area contributed by atoms with Crippen LogP contribution in [0.5, 0.6) is 0 Å². The second-order valence-electron chi connectivity index (χ2n) is 3.01. The summed E-state index contributed by atoms with van der Waals surface area (Å²) in [4.78, 5) is 11.3. The minimum absolute atomic E-state index is 0.111. The van der Waals surface area contributed by atoms with Crippen molar-refractivity contribution in [3.8, 4) is 0 Å². The maximum Gasteiger partial charge on any atom is 0.358 e. The molecule has 1 aromatic heterocycles. The summed E-state index contributed by atoms with van der Waals surface area (Å²) in [5, 5.41) is 10.5.